The van der Waals surface area contributed by atoms with Gasteiger partial charge in [-0.3, -0.25) is 0 Å². The number of rotatable bonds is 4. The van der Waals surface area contributed by atoms with Crippen LogP contribution in [-0.4, -0.2) is 22.0 Å². The van der Waals surface area contributed by atoms with E-state index in [9.17, 15) is 4.39 Å². The average Bonchev–Trinajstić information content (AvgIpc) is 2.98. The lowest BCUT2D eigenvalue weighted by Gasteiger charge is -2.17. The first-order chi connectivity index (χ1) is 10.3. The first-order valence-electron chi connectivity index (χ1n) is 6.68. The molecule has 0 fully saturated rings. The van der Waals surface area contributed by atoms with Crippen LogP contribution in [-0.2, 0) is 0 Å². The average molecular weight is 282 g/mol. The van der Waals surface area contributed by atoms with Gasteiger partial charge in [0.2, 0.25) is 0 Å². The van der Waals surface area contributed by atoms with Crippen molar-refractivity contribution in [3.63, 3.8) is 0 Å². The minimum absolute atomic E-state index is 0.184. The third kappa shape index (κ3) is 2.68. The van der Waals surface area contributed by atoms with Crippen LogP contribution in [0.4, 0.5) is 4.39 Å². The summed E-state index contributed by atoms with van der Waals surface area (Å²) in [5, 5.41) is 11.3. The maximum atomic E-state index is 13.5. The van der Waals surface area contributed by atoms with Gasteiger partial charge < -0.3 is 5.32 Å². The third-order valence-electron chi connectivity index (χ3n) is 3.34. The quantitative estimate of drug-likeness (QED) is 0.800. The molecule has 0 aliphatic rings. The fraction of sp³-hybridized carbons (Fsp3) is 0.125. The van der Waals surface area contributed by atoms with Crippen LogP contribution < -0.4 is 5.32 Å². The maximum absolute atomic E-state index is 13.5. The highest BCUT2D eigenvalue weighted by Crippen LogP contribution is 2.23. The lowest BCUT2D eigenvalue weighted by molar-refractivity contribution is 0.605. The van der Waals surface area contributed by atoms with Gasteiger partial charge in [-0.25, -0.2) is 9.07 Å². The van der Waals surface area contributed by atoms with Gasteiger partial charge in [0.05, 0.1) is 23.6 Å². The summed E-state index contributed by atoms with van der Waals surface area (Å²) in [6.07, 6.45) is 1.69. The second kappa shape index (κ2) is 5.85. The van der Waals surface area contributed by atoms with Gasteiger partial charge in [0.1, 0.15) is 5.82 Å². The molecule has 3 aromatic rings. The molecule has 1 atom stereocenters. The zero-order valence-corrected chi connectivity index (χ0v) is 11.6. The molecule has 0 radical (unpaired) electrons. The first kappa shape index (κ1) is 13.5. The van der Waals surface area contributed by atoms with E-state index in [0.717, 1.165) is 16.9 Å². The van der Waals surface area contributed by atoms with Crippen LogP contribution in [0.2, 0.25) is 0 Å². The highest BCUT2D eigenvalue weighted by Gasteiger charge is 2.18. The maximum Gasteiger partial charge on any atom is 0.123 e. The van der Waals surface area contributed by atoms with E-state index in [1.165, 1.54) is 12.1 Å². The molecule has 21 heavy (non-hydrogen) atoms. The predicted octanol–water partition coefficient (Wildman–Crippen LogP) is 2.72. The molecule has 5 heteroatoms. The second-order valence-electron chi connectivity index (χ2n) is 4.68. The number of nitrogens with zero attached hydrogens (tertiary/aromatic N) is 3. The van der Waals surface area contributed by atoms with Crippen molar-refractivity contribution < 1.29 is 4.39 Å². The van der Waals surface area contributed by atoms with Gasteiger partial charge >= 0.3 is 0 Å². The molecule has 1 N–H and O–H groups in total. The van der Waals surface area contributed by atoms with E-state index in [2.05, 4.69) is 15.6 Å². The lowest BCUT2D eigenvalue weighted by Crippen LogP contribution is -2.21. The largest absolute Gasteiger partial charge is 0.308 e. The SMILES string of the molecule is CNC(c1cccc(F)c1)c1cnnn1-c1ccccc1. The van der Waals surface area contributed by atoms with E-state index in [-0.39, 0.29) is 11.9 Å². The number of benzene rings is 2. The molecule has 3 rings (SSSR count). The van der Waals surface area contributed by atoms with Crippen molar-refractivity contribution in [1.82, 2.24) is 20.3 Å². The summed E-state index contributed by atoms with van der Waals surface area (Å²) in [4.78, 5) is 0. The summed E-state index contributed by atoms with van der Waals surface area (Å²) >= 11 is 0. The Morgan fingerprint density at radius 2 is 1.90 bits per heavy atom. The summed E-state index contributed by atoms with van der Waals surface area (Å²) < 4.78 is 15.2. The van der Waals surface area contributed by atoms with Gasteiger partial charge in [-0.2, -0.15) is 0 Å². The molecule has 1 aromatic heterocycles. The Hall–Kier alpha value is -2.53. The van der Waals surface area contributed by atoms with Crippen LogP contribution in [0.3, 0.4) is 0 Å². The molecule has 0 amide bonds. The zero-order chi connectivity index (χ0) is 14.7. The Bertz CT molecular complexity index is 724. The Labute approximate surface area is 122 Å². The molecule has 0 saturated carbocycles. The van der Waals surface area contributed by atoms with Gasteiger partial charge in [-0.15, -0.1) is 5.10 Å². The third-order valence-corrected chi connectivity index (χ3v) is 3.34. The molecule has 1 unspecified atom stereocenters. The fourth-order valence-electron chi connectivity index (χ4n) is 2.38. The van der Waals surface area contributed by atoms with E-state index in [0.29, 0.717) is 0 Å². The van der Waals surface area contributed by atoms with Crippen LogP contribution in [0.5, 0.6) is 0 Å². The van der Waals surface area contributed by atoms with Crippen molar-refractivity contribution in [3.8, 4) is 5.69 Å². The minimum Gasteiger partial charge on any atom is -0.308 e. The van der Waals surface area contributed by atoms with Crippen molar-refractivity contribution in [2.24, 2.45) is 0 Å². The molecule has 106 valence electrons. The molecule has 1 heterocycles. The molecule has 0 aliphatic heterocycles. The predicted molar refractivity (Wildman–Crippen MR) is 78.7 cm³/mol. The number of halogens is 1. The van der Waals surface area contributed by atoms with Crippen molar-refractivity contribution >= 4 is 0 Å². The van der Waals surface area contributed by atoms with Crippen LogP contribution in [0.15, 0.2) is 60.8 Å². The van der Waals surface area contributed by atoms with Gasteiger partial charge in [0.15, 0.2) is 0 Å². The number of para-hydroxylation sites is 1. The van der Waals surface area contributed by atoms with E-state index in [1.54, 1.807) is 16.9 Å². The standard InChI is InChI=1S/C16H15FN4/c1-18-16(12-6-5-7-13(17)10-12)15-11-19-20-21(15)14-8-3-2-4-9-14/h2-11,16,18H,1H3. The molecular weight excluding hydrogens is 267 g/mol. The second-order valence-corrected chi connectivity index (χ2v) is 4.68. The Morgan fingerprint density at radius 3 is 2.62 bits per heavy atom. The van der Waals surface area contributed by atoms with Crippen LogP contribution >= 0.6 is 0 Å². The van der Waals surface area contributed by atoms with Crippen molar-refractivity contribution in [2.45, 2.75) is 6.04 Å². The van der Waals surface area contributed by atoms with Gasteiger partial charge in [0, 0.05) is 0 Å². The summed E-state index contributed by atoms with van der Waals surface area (Å²) in [5.41, 5.74) is 2.60. The smallest absolute Gasteiger partial charge is 0.123 e. The molecule has 0 spiro atoms. The fourth-order valence-corrected chi connectivity index (χ4v) is 2.38. The topological polar surface area (TPSA) is 42.7 Å². The van der Waals surface area contributed by atoms with E-state index >= 15 is 0 Å². The van der Waals surface area contributed by atoms with E-state index < -0.39 is 0 Å². The number of aromatic nitrogens is 3. The molecule has 0 saturated heterocycles. The Balaban J connectivity index is 2.05. The molecule has 0 aliphatic carbocycles. The van der Waals surface area contributed by atoms with Gasteiger partial charge in [0.25, 0.3) is 0 Å². The highest BCUT2D eigenvalue weighted by atomic mass is 19.1. The van der Waals surface area contributed by atoms with Crippen molar-refractivity contribution in [1.29, 1.82) is 0 Å². The number of hydrogen-bond donors (Lipinski definition) is 1. The normalized spacial score (nSPS) is 12.3. The molecule has 2 aromatic carbocycles. The highest BCUT2D eigenvalue weighted by molar-refractivity contribution is 5.35. The van der Waals surface area contributed by atoms with E-state index in [4.69, 9.17) is 0 Å². The first-order valence-corrected chi connectivity index (χ1v) is 6.68. The lowest BCUT2D eigenvalue weighted by atomic mass is 10.0. The summed E-state index contributed by atoms with van der Waals surface area (Å²) in [7, 11) is 1.83. The van der Waals surface area contributed by atoms with Crippen LogP contribution in [0.25, 0.3) is 5.69 Å². The Morgan fingerprint density at radius 1 is 1.10 bits per heavy atom. The molecular formula is C16H15FN4. The number of hydrogen-bond acceptors (Lipinski definition) is 3. The van der Waals surface area contributed by atoms with E-state index in [1.807, 2.05) is 43.4 Å². The van der Waals surface area contributed by atoms with Crippen LogP contribution in [0.1, 0.15) is 17.3 Å². The van der Waals surface area contributed by atoms with Crippen molar-refractivity contribution in [3.05, 3.63) is 77.9 Å². The van der Waals surface area contributed by atoms with Crippen molar-refractivity contribution in [2.75, 3.05) is 7.05 Å². The number of nitrogens with one attached hydrogen (secondary N) is 1. The summed E-state index contributed by atoms with van der Waals surface area (Å²) in [5.74, 6) is -0.258. The monoisotopic (exact) mass is 282 g/mol. The van der Waals surface area contributed by atoms with Gasteiger partial charge in [-0.05, 0) is 36.9 Å². The summed E-state index contributed by atoms with van der Waals surface area (Å²) in [6, 6.07) is 16.1. The molecule has 4 nitrogen and oxygen atoms in total. The Kier molecular flexibility index (Phi) is 3.75. The van der Waals surface area contributed by atoms with Crippen LogP contribution in [0, 0.1) is 5.82 Å². The van der Waals surface area contributed by atoms with Gasteiger partial charge in [-0.1, -0.05) is 35.5 Å². The minimum atomic E-state index is -0.258. The summed E-state index contributed by atoms with van der Waals surface area (Å²) in [6.45, 7) is 0. The molecule has 0 bridgehead atoms. The zero-order valence-electron chi connectivity index (χ0n) is 11.6.